The van der Waals surface area contributed by atoms with E-state index in [4.69, 9.17) is 0 Å². The number of hydrogen-bond acceptors (Lipinski definition) is 4. The molecular weight excluding hydrogens is 455 g/mol. The molecule has 8 heteroatoms. The van der Waals surface area contributed by atoms with Crippen LogP contribution in [0.2, 0.25) is 0 Å². The van der Waals surface area contributed by atoms with Crippen LogP contribution < -0.4 is 16.0 Å². The summed E-state index contributed by atoms with van der Waals surface area (Å²) in [5.41, 5.74) is 0.570. The molecule has 7 nitrogen and oxygen atoms in total. The van der Waals surface area contributed by atoms with E-state index >= 15 is 0 Å². The van der Waals surface area contributed by atoms with Gasteiger partial charge in [-0.3, -0.25) is 14.8 Å². The maximum Gasteiger partial charge on any atom is 0.252 e. The first-order valence-electron chi connectivity index (χ1n) is 9.68. The van der Waals surface area contributed by atoms with Gasteiger partial charge in [0.05, 0.1) is 12.1 Å². The third kappa shape index (κ3) is 8.87. The van der Waals surface area contributed by atoms with Crippen molar-refractivity contribution < 1.29 is 4.79 Å². The monoisotopic (exact) mass is 488 g/mol. The number of nitrogens with one attached hydrogen (secondary N) is 3. The van der Waals surface area contributed by atoms with Gasteiger partial charge in [-0.05, 0) is 44.9 Å². The van der Waals surface area contributed by atoms with Gasteiger partial charge in [0.2, 0.25) is 0 Å². The lowest BCUT2D eigenvalue weighted by molar-refractivity contribution is 0.0954. The Morgan fingerprint density at radius 2 is 2.07 bits per heavy atom. The first-order chi connectivity index (χ1) is 12.7. The molecule has 0 atom stereocenters. The molecular formula is C19H33IN6O. The second kappa shape index (κ2) is 13.7. The Morgan fingerprint density at radius 1 is 1.30 bits per heavy atom. The molecule has 3 N–H and O–H groups in total. The van der Waals surface area contributed by atoms with Crippen molar-refractivity contribution in [1.82, 2.24) is 25.8 Å². The van der Waals surface area contributed by atoms with E-state index in [1.807, 2.05) is 0 Å². The fourth-order valence-corrected chi connectivity index (χ4v) is 3.07. The topological polar surface area (TPSA) is 81.7 Å². The van der Waals surface area contributed by atoms with Crippen LogP contribution in [-0.4, -0.2) is 67.1 Å². The Kier molecular flexibility index (Phi) is 12.0. The maximum absolute atomic E-state index is 12.0. The number of piperidine rings is 1. The fourth-order valence-electron chi connectivity index (χ4n) is 3.07. The number of nitrogens with zero attached hydrogens (tertiary/aromatic N) is 3. The summed E-state index contributed by atoms with van der Waals surface area (Å²) in [6.07, 6.45) is 6.72. The van der Waals surface area contributed by atoms with E-state index in [1.54, 1.807) is 24.5 Å². The number of amides is 1. The van der Waals surface area contributed by atoms with Crippen molar-refractivity contribution in [2.24, 2.45) is 4.99 Å². The molecule has 2 rings (SSSR count). The summed E-state index contributed by atoms with van der Waals surface area (Å²) >= 11 is 0. The lowest BCUT2D eigenvalue weighted by Crippen LogP contribution is -2.49. The normalized spacial score (nSPS) is 15.7. The van der Waals surface area contributed by atoms with E-state index in [9.17, 15) is 4.79 Å². The molecule has 2 heterocycles. The number of guanidine groups is 1. The van der Waals surface area contributed by atoms with Crippen LogP contribution in [0.4, 0.5) is 0 Å². The molecule has 1 aliphatic rings. The Balaban J connectivity index is 0.00000364. The largest absolute Gasteiger partial charge is 0.357 e. The Labute approximate surface area is 179 Å². The molecule has 1 amide bonds. The minimum atomic E-state index is -0.116. The summed E-state index contributed by atoms with van der Waals surface area (Å²) in [5.74, 6) is 0.714. The molecule has 0 unspecified atom stereocenters. The molecule has 27 heavy (non-hydrogen) atoms. The molecule has 152 valence electrons. The van der Waals surface area contributed by atoms with E-state index in [0.717, 1.165) is 38.4 Å². The molecule has 0 aromatic carbocycles. The Bertz CT molecular complexity index is 561. The molecule has 1 fully saturated rings. The van der Waals surface area contributed by atoms with Crippen molar-refractivity contribution in [3.63, 3.8) is 0 Å². The molecule has 1 saturated heterocycles. The lowest BCUT2D eigenvalue weighted by Gasteiger charge is -2.32. The summed E-state index contributed by atoms with van der Waals surface area (Å²) in [4.78, 5) is 23.0. The third-order valence-corrected chi connectivity index (χ3v) is 4.40. The molecule has 1 aromatic rings. The predicted molar refractivity (Wildman–Crippen MR) is 121 cm³/mol. The van der Waals surface area contributed by atoms with Gasteiger partial charge >= 0.3 is 0 Å². The average molecular weight is 488 g/mol. The first-order valence-corrected chi connectivity index (χ1v) is 9.68. The highest BCUT2D eigenvalue weighted by Crippen LogP contribution is 2.10. The number of aliphatic imine (C=N–C) groups is 1. The summed E-state index contributed by atoms with van der Waals surface area (Å²) in [5, 5.41) is 9.69. The van der Waals surface area contributed by atoms with Gasteiger partial charge in [-0.25, -0.2) is 0 Å². The average Bonchev–Trinajstić information content (AvgIpc) is 2.67. The summed E-state index contributed by atoms with van der Waals surface area (Å²) in [7, 11) is 0. The molecule has 0 bridgehead atoms. The van der Waals surface area contributed by atoms with Gasteiger partial charge in [-0.15, -0.1) is 24.0 Å². The van der Waals surface area contributed by atoms with Gasteiger partial charge in [0.15, 0.2) is 5.96 Å². The number of halogens is 1. The van der Waals surface area contributed by atoms with Crippen LogP contribution in [0.3, 0.4) is 0 Å². The first kappa shape index (κ1) is 23.6. The Morgan fingerprint density at radius 3 is 2.70 bits per heavy atom. The second-order valence-electron chi connectivity index (χ2n) is 6.52. The van der Waals surface area contributed by atoms with Crippen molar-refractivity contribution in [3.8, 4) is 0 Å². The SMILES string of the molecule is CCCN1CCC(NC(=NCCNC(=O)c2cccnc2)NCC)CC1.I. The van der Waals surface area contributed by atoms with E-state index in [2.05, 4.69) is 44.7 Å². The Hall–Kier alpha value is -1.42. The van der Waals surface area contributed by atoms with Crippen molar-refractivity contribution in [3.05, 3.63) is 30.1 Å². The van der Waals surface area contributed by atoms with Crippen molar-refractivity contribution in [2.75, 3.05) is 39.3 Å². The van der Waals surface area contributed by atoms with Gasteiger partial charge < -0.3 is 20.9 Å². The molecule has 0 aliphatic carbocycles. The molecule has 0 radical (unpaired) electrons. The smallest absolute Gasteiger partial charge is 0.252 e. The molecule has 0 saturated carbocycles. The van der Waals surface area contributed by atoms with Gasteiger partial charge in [0.1, 0.15) is 0 Å². The number of rotatable bonds is 8. The predicted octanol–water partition coefficient (Wildman–Crippen LogP) is 1.86. The summed E-state index contributed by atoms with van der Waals surface area (Å²) < 4.78 is 0. The zero-order chi connectivity index (χ0) is 18.6. The van der Waals surface area contributed by atoms with Crippen LogP contribution in [0.25, 0.3) is 0 Å². The highest BCUT2D eigenvalue weighted by molar-refractivity contribution is 14.0. The van der Waals surface area contributed by atoms with Crippen LogP contribution in [0.1, 0.15) is 43.5 Å². The molecule has 0 spiro atoms. The number of likely N-dealkylation sites (tertiary alicyclic amines) is 1. The number of carbonyl (C=O) groups is 1. The zero-order valence-corrected chi connectivity index (χ0v) is 18.7. The second-order valence-corrected chi connectivity index (χ2v) is 6.52. The highest BCUT2D eigenvalue weighted by Gasteiger charge is 2.19. The zero-order valence-electron chi connectivity index (χ0n) is 16.4. The van der Waals surface area contributed by atoms with Crippen molar-refractivity contribution in [1.29, 1.82) is 0 Å². The minimum absolute atomic E-state index is 0. The fraction of sp³-hybridized carbons (Fsp3) is 0.632. The maximum atomic E-state index is 12.0. The van der Waals surface area contributed by atoms with Crippen LogP contribution in [-0.2, 0) is 0 Å². The van der Waals surface area contributed by atoms with Gasteiger partial charge in [-0.2, -0.15) is 0 Å². The van der Waals surface area contributed by atoms with E-state index < -0.39 is 0 Å². The van der Waals surface area contributed by atoms with E-state index in [-0.39, 0.29) is 29.9 Å². The minimum Gasteiger partial charge on any atom is -0.357 e. The molecule has 1 aromatic heterocycles. The van der Waals surface area contributed by atoms with E-state index in [1.165, 1.54) is 13.0 Å². The lowest BCUT2D eigenvalue weighted by atomic mass is 10.1. The van der Waals surface area contributed by atoms with Crippen LogP contribution in [0, 0.1) is 0 Å². The quantitative estimate of drug-likeness (QED) is 0.225. The number of pyridine rings is 1. The van der Waals surface area contributed by atoms with Gasteiger partial charge in [-0.1, -0.05) is 6.92 Å². The number of aromatic nitrogens is 1. The van der Waals surface area contributed by atoms with Crippen LogP contribution in [0.15, 0.2) is 29.5 Å². The highest BCUT2D eigenvalue weighted by atomic mass is 127. The van der Waals surface area contributed by atoms with Crippen molar-refractivity contribution in [2.45, 2.75) is 39.2 Å². The van der Waals surface area contributed by atoms with Gasteiger partial charge in [0.25, 0.3) is 5.91 Å². The third-order valence-electron chi connectivity index (χ3n) is 4.40. The standard InChI is InChI=1S/C19H32N6O.HI/c1-3-12-25-13-7-17(8-14-25)24-19(21-4-2)23-11-10-22-18(26)16-6-5-9-20-15-16;/h5-6,9,15,17H,3-4,7-8,10-14H2,1-2H3,(H,22,26)(H2,21,23,24);1H. The van der Waals surface area contributed by atoms with Crippen LogP contribution in [0.5, 0.6) is 0 Å². The summed E-state index contributed by atoms with van der Waals surface area (Å²) in [6, 6.07) is 3.97. The van der Waals surface area contributed by atoms with E-state index in [0.29, 0.717) is 24.7 Å². The van der Waals surface area contributed by atoms with Crippen LogP contribution >= 0.6 is 24.0 Å². The number of hydrogen-bond donors (Lipinski definition) is 3. The van der Waals surface area contributed by atoms with Crippen molar-refractivity contribution >= 4 is 35.8 Å². The summed E-state index contributed by atoms with van der Waals surface area (Å²) in [6.45, 7) is 9.63. The van der Waals surface area contributed by atoms with Gasteiger partial charge in [0, 0.05) is 44.6 Å². The number of carbonyl (C=O) groups excluding carboxylic acids is 1. The molecule has 1 aliphatic heterocycles.